The molecule has 37 heavy (non-hydrogen) atoms. The highest BCUT2D eigenvalue weighted by atomic mass is 32.1. The highest BCUT2D eigenvalue weighted by molar-refractivity contribution is 7.15. The Kier molecular flexibility index (Phi) is 6.10. The van der Waals surface area contributed by atoms with Gasteiger partial charge in [0.05, 0.1) is 20.5 Å². The summed E-state index contributed by atoms with van der Waals surface area (Å²) in [5.74, 6) is 0. The van der Waals surface area contributed by atoms with Crippen molar-refractivity contribution in [2.75, 3.05) is 22.9 Å². The van der Waals surface area contributed by atoms with Gasteiger partial charge < -0.3 is 9.80 Å². The summed E-state index contributed by atoms with van der Waals surface area (Å²) in [6.07, 6.45) is 8.40. The van der Waals surface area contributed by atoms with Gasteiger partial charge in [0.2, 0.25) is 0 Å². The zero-order chi connectivity index (χ0) is 25.7. The average Bonchev–Trinajstić information content (AvgIpc) is 3.40. The van der Waals surface area contributed by atoms with Gasteiger partial charge in [-0.1, -0.05) is 23.5 Å². The fraction of sp³-hybridized carbons (Fsp3) is 0.429. The van der Waals surface area contributed by atoms with E-state index in [-0.39, 0.29) is 22.2 Å². The van der Waals surface area contributed by atoms with Gasteiger partial charge in [-0.25, -0.2) is 9.38 Å². The number of imidazole rings is 1. The van der Waals surface area contributed by atoms with Crippen molar-refractivity contribution in [1.82, 2.24) is 9.38 Å². The van der Waals surface area contributed by atoms with Gasteiger partial charge in [0.25, 0.3) is 11.2 Å². The van der Waals surface area contributed by atoms with Crippen LogP contribution >= 0.6 is 11.3 Å². The topological polar surface area (TPSA) is 84.0 Å². The summed E-state index contributed by atoms with van der Waals surface area (Å²) in [6, 6.07) is 11.9. The van der Waals surface area contributed by atoms with Gasteiger partial charge in [-0.15, -0.1) is 0 Å². The second-order valence-electron chi connectivity index (χ2n) is 10.4. The van der Waals surface area contributed by atoms with E-state index in [0.717, 1.165) is 67.5 Å². The Labute approximate surface area is 219 Å². The zero-order valence-corrected chi connectivity index (χ0v) is 22.0. The number of thiazole rings is 1. The van der Waals surface area contributed by atoms with Crippen LogP contribution in [-0.4, -0.2) is 39.5 Å². The first-order chi connectivity index (χ1) is 17.9. The van der Waals surface area contributed by atoms with Crippen LogP contribution in [0.15, 0.2) is 41.2 Å². The Hall–Kier alpha value is -3.46. The van der Waals surface area contributed by atoms with Crippen LogP contribution in [0.3, 0.4) is 0 Å². The normalized spacial score (nSPS) is 21.3. The molecule has 192 valence electrons. The molecule has 2 aliphatic heterocycles. The number of aromatic nitrogens is 2. The van der Waals surface area contributed by atoms with E-state index < -0.39 is 0 Å². The third-order valence-electron chi connectivity index (χ3n) is 7.98. The lowest BCUT2D eigenvalue weighted by Gasteiger charge is -2.39. The van der Waals surface area contributed by atoms with Gasteiger partial charge in [0.1, 0.15) is 5.69 Å². The van der Waals surface area contributed by atoms with E-state index >= 15 is 0 Å². The highest BCUT2D eigenvalue weighted by Crippen LogP contribution is 2.40. The molecule has 2 saturated heterocycles. The molecular formula is C28H31N5O3S. The minimum Gasteiger partial charge on any atom is -0.368 e. The van der Waals surface area contributed by atoms with Crippen LogP contribution < -0.4 is 19.9 Å². The number of nitrogens with zero attached hydrogens (tertiary/aromatic N) is 5. The minimum atomic E-state index is -0.274. The second-order valence-corrected chi connectivity index (χ2v) is 11.4. The lowest BCUT2D eigenvalue weighted by molar-refractivity contribution is -0.384. The average molecular weight is 518 g/mol. The number of anilines is 2. The van der Waals surface area contributed by atoms with E-state index in [1.54, 1.807) is 10.5 Å². The molecule has 2 aromatic carbocycles. The molecule has 0 saturated carbocycles. The summed E-state index contributed by atoms with van der Waals surface area (Å²) in [5.41, 5.74) is 3.92. The van der Waals surface area contributed by atoms with Crippen molar-refractivity contribution in [2.45, 2.75) is 64.5 Å². The van der Waals surface area contributed by atoms with E-state index in [2.05, 4.69) is 28.6 Å². The van der Waals surface area contributed by atoms with Crippen molar-refractivity contribution in [1.29, 1.82) is 0 Å². The molecule has 8 nitrogen and oxygen atoms in total. The van der Waals surface area contributed by atoms with Crippen molar-refractivity contribution in [3.63, 3.8) is 0 Å². The number of hydrogen-bond donors (Lipinski definition) is 0. The standard InChI is InChI=1S/C28H31N5O3S/c1-18-9-5-7-13-30(18)23-17-24(31-14-8-6-10-19(31)2)25(33(35)36)15-20(23)16-26-27(34)32-22-12-4-3-11-21(22)29-28(32)37-26/h3-4,11-12,15-19H,5-10,13-14H2,1-2H3/b26-16+/t18-,19-/m1/s1. The van der Waals surface area contributed by atoms with Gasteiger partial charge in [0, 0.05) is 42.5 Å². The summed E-state index contributed by atoms with van der Waals surface area (Å²) in [5, 5.41) is 12.3. The molecule has 0 radical (unpaired) electrons. The molecule has 2 aliphatic rings. The van der Waals surface area contributed by atoms with Gasteiger partial charge in [0.15, 0.2) is 4.96 Å². The Morgan fingerprint density at radius 2 is 1.68 bits per heavy atom. The van der Waals surface area contributed by atoms with Crippen molar-refractivity contribution in [2.24, 2.45) is 0 Å². The molecule has 0 bridgehead atoms. The summed E-state index contributed by atoms with van der Waals surface area (Å²) >= 11 is 1.33. The zero-order valence-electron chi connectivity index (χ0n) is 21.2. The molecule has 2 fully saturated rings. The molecule has 2 aromatic heterocycles. The van der Waals surface area contributed by atoms with Gasteiger partial charge in [-0.05, 0) is 76.6 Å². The number of rotatable bonds is 4. The number of benzene rings is 2. The quantitative estimate of drug-likeness (QED) is 0.276. The molecule has 4 heterocycles. The van der Waals surface area contributed by atoms with E-state index in [9.17, 15) is 14.9 Å². The third kappa shape index (κ3) is 4.15. The Bertz CT molecular complexity index is 1610. The van der Waals surface area contributed by atoms with Crippen molar-refractivity contribution < 1.29 is 4.92 Å². The second kappa shape index (κ2) is 9.45. The molecule has 9 heteroatoms. The lowest BCUT2D eigenvalue weighted by Crippen LogP contribution is -2.40. The van der Waals surface area contributed by atoms with Crippen LogP contribution in [0.25, 0.3) is 22.1 Å². The molecule has 0 amide bonds. The Balaban J connectivity index is 1.57. The van der Waals surface area contributed by atoms with Crippen molar-refractivity contribution in [3.05, 3.63) is 67.0 Å². The SMILES string of the molecule is C[C@@H]1CCCCN1c1cc(N2CCCC[C@H]2C)c([N+](=O)[O-])cc1/C=c1/sc2nc3ccccc3n2c1=O. The van der Waals surface area contributed by atoms with Crippen LogP contribution in [0.1, 0.15) is 57.9 Å². The summed E-state index contributed by atoms with van der Waals surface area (Å²) < 4.78 is 2.18. The maximum Gasteiger partial charge on any atom is 0.293 e. The van der Waals surface area contributed by atoms with Crippen LogP contribution in [0.5, 0.6) is 0 Å². The first-order valence-electron chi connectivity index (χ1n) is 13.2. The molecule has 4 aromatic rings. The maximum absolute atomic E-state index is 13.5. The van der Waals surface area contributed by atoms with Gasteiger partial charge >= 0.3 is 0 Å². The fourth-order valence-corrected chi connectivity index (χ4v) is 6.97. The maximum atomic E-state index is 13.5. The molecule has 2 atom stereocenters. The number of fused-ring (bicyclic) bond motifs is 3. The van der Waals surface area contributed by atoms with Crippen molar-refractivity contribution in [3.8, 4) is 0 Å². The van der Waals surface area contributed by atoms with Crippen LogP contribution in [0, 0.1) is 10.1 Å². The summed E-state index contributed by atoms with van der Waals surface area (Å²) in [6.45, 7) is 6.09. The largest absolute Gasteiger partial charge is 0.368 e. The molecule has 0 aliphatic carbocycles. The minimum absolute atomic E-state index is 0.104. The van der Waals surface area contributed by atoms with Crippen molar-refractivity contribution >= 4 is 50.5 Å². The summed E-state index contributed by atoms with van der Waals surface area (Å²) in [4.78, 5) is 35.4. The number of piperidine rings is 2. The predicted octanol–water partition coefficient (Wildman–Crippen LogP) is 5.12. The molecule has 6 rings (SSSR count). The highest BCUT2D eigenvalue weighted by Gasteiger charge is 2.30. The smallest absolute Gasteiger partial charge is 0.293 e. The van der Waals surface area contributed by atoms with E-state index in [4.69, 9.17) is 0 Å². The van der Waals surface area contributed by atoms with E-state index in [0.29, 0.717) is 21.2 Å². The molecular weight excluding hydrogens is 486 g/mol. The van der Waals surface area contributed by atoms with Gasteiger partial charge in [-0.3, -0.25) is 14.9 Å². The molecule has 0 spiro atoms. The third-order valence-corrected chi connectivity index (χ3v) is 8.95. The molecule has 0 N–H and O–H groups in total. The number of para-hydroxylation sites is 2. The van der Waals surface area contributed by atoms with Gasteiger partial charge in [-0.2, -0.15) is 0 Å². The molecule has 0 unspecified atom stereocenters. The van der Waals surface area contributed by atoms with E-state index in [1.165, 1.54) is 17.8 Å². The first kappa shape index (κ1) is 23.9. The number of hydrogen-bond acceptors (Lipinski definition) is 7. The van der Waals surface area contributed by atoms with Crippen LogP contribution in [0.2, 0.25) is 0 Å². The summed E-state index contributed by atoms with van der Waals surface area (Å²) in [7, 11) is 0. The monoisotopic (exact) mass is 517 g/mol. The van der Waals surface area contributed by atoms with Crippen LogP contribution in [-0.2, 0) is 0 Å². The first-order valence-corrected chi connectivity index (χ1v) is 14.0. The predicted molar refractivity (Wildman–Crippen MR) is 150 cm³/mol. The van der Waals surface area contributed by atoms with E-state index in [1.807, 2.05) is 36.4 Å². The fourth-order valence-electron chi connectivity index (χ4n) is 5.99. The Morgan fingerprint density at radius 1 is 1.00 bits per heavy atom. The Morgan fingerprint density at radius 3 is 2.35 bits per heavy atom. The van der Waals surface area contributed by atoms with Crippen LogP contribution in [0.4, 0.5) is 17.1 Å². The number of nitro benzene ring substituents is 1. The lowest BCUT2D eigenvalue weighted by atomic mass is 9.98. The number of nitro groups is 1.